The van der Waals surface area contributed by atoms with E-state index < -0.39 is 23.1 Å². The molecule has 1 aromatic carbocycles. The summed E-state index contributed by atoms with van der Waals surface area (Å²) in [6.45, 7) is 1.40. The van der Waals surface area contributed by atoms with Gasteiger partial charge in [0.15, 0.2) is 5.96 Å². The minimum Gasteiger partial charge on any atom is -0.338 e. The van der Waals surface area contributed by atoms with E-state index in [-0.39, 0.29) is 11.5 Å². The Morgan fingerprint density at radius 2 is 1.88 bits per heavy atom. The molecule has 6 heteroatoms. The fourth-order valence-electron chi connectivity index (χ4n) is 1.82. The molecule has 1 aliphatic rings. The van der Waals surface area contributed by atoms with Crippen LogP contribution in [0.2, 0.25) is 0 Å². The van der Waals surface area contributed by atoms with Gasteiger partial charge in [0.05, 0.1) is 5.56 Å². The first-order chi connectivity index (χ1) is 7.99. The van der Waals surface area contributed by atoms with E-state index in [1.54, 1.807) is 0 Å². The molecule has 1 fully saturated rings. The Morgan fingerprint density at radius 1 is 1.29 bits per heavy atom. The number of hydrogen-bond acceptors (Lipinski definition) is 2. The van der Waals surface area contributed by atoms with Crippen molar-refractivity contribution in [2.24, 2.45) is 4.99 Å². The first-order valence-corrected chi connectivity index (χ1v) is 5.00. The number of aliphatic imine (C=N–C) groups is 1. The first-order valence-electron chi connectivity index (χ1n) is 5.00. The molecule has 17 heavy (non-hydrogen) atoms. The molecule has 90 valence electrons. The molecule has 0 aromatic heterocycles. The predicted molar refractivity (Wildman–Crippen MR) is 58.3 cm³/mol. The Bertz CT molecular complexity index is 495. The van der Waals surface area contributed by atoms with E-state index in [0.29, 0.717) is 0 Å². The van der Waals surface area contributed by atoms with Crippen molar-refractivity contribution in [3.63, 3.8) is 0 Å². The summed E-state index contributed by atoms with van der Waals surface area (Å²) < 4.78 is 27.3. The smallest absolute Gasteiger partial charge is 0.257 e. The van der Waals surface area contributed by atoms with Gasteiger partial charge < -0.3 is 5.32 Å². The molecule has 0 spiro atoms. The lowest BCUT2D eigenvalue weighted by molar-refractivity contribution is -0.123. The highest BCUT2D eigenvalue weighted by atomic mass is 19.1. The minimum absolute atomic E-state index is 0.195. The maximum absolute atomic E-state index is 13.7. The lowest BCUT2D eigenvalue weighted by atomic mass is 9.91. The molecular formula is C11H11F2N3O. The molecule has 1 heterocycles. The van der Waals surface area contributed by atoms with Crippen LogP contribution in [-0.2, 0) is 10.3 Å². The van der Waals surface area contributed by atoms with Crippen molar-refractivity contribution < 1.29 is 13.6 Å². The molecule has 0 aliphatic carbocycles. The van der Waals surface area contributed by atoms with Gasteiger partial charge in [-0.25, -0.2) is 8.78 Å². The van der Waals surface area contributed by atoms with Crippen molar-refractivity contribution >= 4 is 11.9 Å². The first kappa shape index (κ1) is 11.5. The largest absolute Gasteiger partial charge is 0.338 e. The van der Waals surface area contributed by atoms with Gasteiger partial charge in [-0.15, -0.1) is 0 Å². The number of carbonyl (C=O) groups is 1. The van der Waals surface area contributed by atoms with Gasteiger partial charge in [-0.3, -0.25) is 15.1 Å². The van der Waals surface area contributed by atoms with Crippen LogP contribution in [0.15, 0.2) is 23.2 Å². The zero-order chi connectivity index (χ0) is 12.6. The summed E-state index contributed by atoms with van der Waals surface area (Å²) >= 11 is 0. The van der Waals surface area contributed by atoms with Gasteiger partial charge in [-0.1, -0.05) is 6.07 Å². The average molecular weight is 239 g/mol. The van der Waals surface area contributed by atoms with E-state index in [9.17, 15) is 13.6 Å². The summed E-state index contributed by atoms with van der Waals surface area (Å²) in [4.78, 5) is 15.5. The topological polar surface area (TPSA) is 53.5 Å². The zero-order valence-corrected chi connectivity index (χ0v) is 9.34. The fraction of sp³-hybridized carbons (Fsp3) is 0.273. The van der Waals surface area contributed by atoms with E-state index in [1.165, 1.54) is 20.0 Å². The van der Waals surface area contributed by atoms with E-state index in [2.05, 4.69) is 15.6 Å². The molecule has 1 unspecified atom stereocenters. The van der Waals surface area contributed by atoms with Crippen molar-refractivity contribution in [3.8, 4) is 0 Å². The Hall–Kier alpha value is -1.98. The van der Waals surface area contributed by atoms with Crippen molar-refractivity contribution in [2.45, 2.75) is 12.5 Å². The third-order valence-corrected chi connectivity index (χ3v) is 2.74. The SMILES string of the molecule is CN=C1NC(=O)C(C)(c2c(F)cccc2F)N1. The van der Waals surface area contributed by atoms with Crippen LogP contribution in [-0.4, -0.2) is 18.9 Å². The van der Waals surface area contributed by atoms with E-state index >= 15 is 0 Å². The number of halogens is 2. The third kappa shape index (κ3) is 1.65. The summed E-state index contributed by atoms with van der Waals surface area (Å²) in [6.07, 6.45) is 0. The van der Waals surface area contributed by atoms with Crippen LogP contribution in [0.3, 0.4) is 0 Å². The van der Waals surface area contributed by atoms with Crippen molar-refractivity contribution in [1.82, 2.24) is 10.6 Å². The minimum atomic E-state index is -1.48. The third-order valence-electron chi connectivity index (χ3n) is 2.74. The second-order valence-corrected chi connectivity index (χ2v) is 3.87. The van der Waals surface area contributed by atoms with Crippen LogP contribution in [0.5, 0.6) is 0 Å². The number of benzene rings is 1. The predicted octanol–water partition coefficient (Wildman–Crippen LogP) is 0.885. The molecule has 2 rings (SSSR count). The standard InChI is InChI=1S/C11H11F2N3O/c1-11(9(17)15-10(14-2)16-11)8-6(12)4-3-5-7(8)13/h3-5H,1-2H3,(H2,14,15,16,17). The Balaban J connectivity index is 2.57. The van der Waals surface area contributed by atoms with Gasteiger partial charge in [0.25, 0.3) is 5.91 Å². The quantitative estimate of drug-likeness (QED) is 0.764. The molecule has 1 atom stereocenters. The molecule has 2 N–H and O–H groups in total. The van der Waals surface area contributed by atoms with Gasteiger partial charge in [0, 0.05) is 7.05 Å². The van der Waals surface area contributed by atoms with E-state index in [4.69, 9.17) is 0 Å². The molecule has 1 saturated heterocycles. The summed E-state index contributed by atoms with van der Waals surface area (Å²) in [7, 11) is 1.46. The monoisotopic (exact) mass is 239 g/mol. The van der Waals surface area contributed by atoms with Crippen LogP contribution in [0.4, 0.5) is 8.78 Å². The van der Waals surface area contributed by atoms with Crippen molar-refractivity contribution in [3.05, 3.63) is 35.4 Å². The van der Waals surface area contributed by atoms with Crippen LogP contribution in [0.1, 0.15) is 12.5 Å². The summed E-state index contributed by atoms with van der Waals surface area (Å²) in [5, 5.41) is 5.09. The molecule has 0 saturated carbocycles. The van der Waals surface area contributed by atoms with E-state index in [1.807, 2.05) is 0 Å². The molecular weight excluding hydrogens is 228 g/mol. The molecule has 0 bridgehead atoms. The fourth-order valence-corrected chi connectivity index (χ4v) is 1.82. The van der Waals surface area contributed by atoms with Crippen LogP contribution >= 0.6 is 0 Å². The second kappa shape index (κ2) is 3.80. The Morgan fingerprint density at radius 3 is 2.35 bits per heavy atom. The summed E-state index contributed by atoms with van der Waals surface area (Å²) in [6, 6.07) is 3.47. The maximum Gasteiger partial charge on any atom is 0.257 e. The van der Waals surface area contributed by atoms with Crippen molar-refractivity contribution in [2.75, 3.05) is 7.05 Å². The van der Waals surface area contributed by atoms with Crippen molar-refractivity contribution in [1.29, 1.82) is 0 Å². The van der Waals surface area contributed by atoms with Gasteiger partial charge in [-0.2, -0.15) is 0 Å². The highest BCUT2D eigenvalue weighted by molar-refractivity contribution is 6.09. The second-order valence-electron chi connectivity index (χ2n) is 3.87. The molecule has 1 aliphatic heterocycles. The van der Waals surface area contributed by atoms with Crippen LogP contribution in [0, 0.1) is 11.6 Å². The summed E-state index contributed by atoms with van der Waals surface area (Å²) in [5.41, 5.74) is -1.79. The number of amides is 1. The zero-order valence-electron chi connectivity index (χ0n) is 9.34. The lowest BCUT2D eigenvalue weighted by Gasteiger charge is -2.22. The molecule has 0 radical (unpaired) electrons. The van der Waals surface area contributed by atoms with Gasteiger partial charge in [-0.05, 0) is 19.1 Å². The number of carbonyl (C=O) groups excluding carboxylic acids is 1. The highest BCUT2D eigenvalue weighted by Gasteiger charge is 2.45. The van der Waals surface area contributed by atoms with Gasteiger partial charge in [0.1, 0.15) is 17.2 Å². The summed E-state index contributed by atoms with van der Waals surface area (Å²) in [5.74, 6) is -1.89. The lowest BCUT2D eigenvalue weighted by Crippen LogP contribution is -2.42. The van der Waals surface area contributed by atoms with Gasteiger partial charge in [0.2, 0.25) is 0 Å². The molecule has 1 aromatic rings. The normalized spacial score (nSPS) is 25.9. The number of nitrogens with one attached hydrogen (secondary N) is 2. The average Bonchev–Trinajstić information content (AvgIpc) is 2.55. The van der Waals surface area contributed by atoms with E-state index in [0.717, 1.165) is 12.1 Å². The number of nitrogens with zero attached hydrogens (tertiary/aromatic N) is 1. The number of hydrogen-bond donors (Lipinski definition) is 2. The highest BCUT2D eigenvalue weighted by Crippen LogP contribution is 2.28. The molecule has 4 nitrogen and oxygen atoms in total. The molecule has 1 amide bonds. The maximum atomic E-state index is 13.7. The number of guanidine groups is 1. The van der Waals surface area contributed by atoms with Crippen LogP contribution in [0.25, 0.3) is 0 Å². The Labute approximate surface area is 96.7 Å². The van der Waals surface area contributed by atoms with Gasteiger partial charge >= 0.3 is 0 Å². The Kier molecular flexibility index (Phi) is 2.57. The van der Waals surface area contributed by atoms with Crippen LogP contribution < -0.4 is 10.6 Å². The number of rotatable bonds is 1.